The van der Waals surface area contributed by atoms with Gasteiger partial charge >= 0.3 is 0 Å². The van der Waals surface area contributed by atoms with Crippen LogP contribution >= 0.6 is 11.3 Å². The number of hydrogen-bond acceptors (Lipinski definition) is 5. The maximum Gasteiger partial charge on any atom is 0.185 e. The lowest BCUT2D eigenvalue weighted by molar-refractivity contribution is 0.181. The molecule has 118 valence electrons. The second-order valence-electron chi connectivity index (χ2n) is 6.36. The third kappa shape index (κ3) is 3.96. The van der Waals surface area contributed by atoms with Gasteiger partial charge in [0.05, 0.1) is 12.3 Å². The van der Waals surface area contributed by atoms with E-state index in [1.165, 1.54) is 55.0 Å². The normalized spacial score (nSPS) is 19.9. The van der Waals surface area contributed by atoms with E-state index >= 15 is 0 Å². The van der Waals surface area contributed by atoms with Gasteiger partial charge in [-0.15, -0.1) is 11.3 Å². The van der Waals surface area contributed by atoms with E-state index in [2.05, 4.69) is 17.3 Å². The number of hydrogen-bond donors (Lipinski definition) is 1. The minimum absolute atomic E-state index is 0.622. The Bertz CT molecular complexity index is 452. The van der Waals surface area contributed by atoms with Gasteiger partial charge in [-0.3, -0.25) is 0 Å². The third-order valence-electron chi connectivity index (χ3n) is 4.60. The van der Waals surface area contributed by atoms with Crippen LogP contribution in [0.5, 0.6) is 0 Å². The van der Waals surface area contributed by atoms with E-state index in [1.54, 1.807) is 7.11 Å². The van der Waals surface area contributed by atoms with Crippen LogP contribution < -0.4 is 10.2 Å². The summed E-state index contributed by atoms with van der Waals surface area (Å²) in [6, 6.07) is 1.41. The third-order valence-corrected chi connectivity index (χ3v) is 5.79. The summed E-state index contributed by atoms with van der Waals surface area (Å²) in [7, 11) is 3.96. The summed E-state index contributed by atoms with van der Waals surface area (Å²) in [6.45, 7) is 1.57. The van der Waals surface area contributed by atoms with Crippen LogP contribution in [0.15, 0.2) is 0 Å². The van der Waals surface area contributed by atoms with Gasteiger partial charge in [0.1, 0.15) is 0 Å². The molecule has 0 spiro atoms. The Labute approximate surface area is 131 Å². The first kappa shape index (κ1) is 15.3. The summed E-state index contributed by atoms with van der Waals surface area (Å²) in [5.74, 6) is 0. The van der Waals surface area contributed by atoms with Crippen molar-refractivity contribution < 1.29 is 4.74 Å². The zero-order chi connectivity index (χ0) is 14.7. The molecule has 0 atom stereocenters. The van der Waals surface area contributed by atoms with Crippen molar-refractivity contribution in [3.63, 3.8) is 0 Å². The van der Waals surface area contributed by atoms with Crippen LogP contribution in [0.1, 0.15) is 55.5 Å². The van der Waals surface area contributed by atoms with Gasteiger partial charge in [0.25, 0.3) is 0 Å². The predicted molar refractivity (Wildman–Crippen MR) is 88.0 cm³/mol. The molecule has 5 heteroatoms. The molecule has 1 aromatic heterocycles. The molecular formula is C16H27N3OS. The maximum absolute atomic E-state index is 5.33. The summed E-state index contributed by atoms with van der Waals surface area (Å²) >= 11 is 1.84. The van der Waals surface area contributed by atoms with Crippen molar-refractivity contribution in [1.29, 1.82) is 0 Å². The largest absolute Gasteiger partial charge is 0.378 e. The second kappa shape index (κ2) is 7.07. The fraction of sp³-hybridized carbons (Fsp3) is 0.812. The molecule has 1 N–H and O–H groups in total. The monoisotopic (exact) mass is 309 g/mol. The molecule has 2 saturated carbocycles. The molecule has 21 heavy (non-hydrogen) atoms. The van der Waals surface area contributed by atoms with Crippen molar-refractivity contribution in [3.05, 3.63) is 10.6 Å². The number of nitrogens with one attached hydrogen (secondary N) is 1. The smallest absolute Gasteiger partial charge is 0.185 e. The molecule has 0 aliphatic heterocycles. The predicted octanol–water partition coefficient (Wildman–Crippen LogP) is 3.31. The van der Waals surface area contributed by atoms with Gasteiger partial charge in [-0.1, -0.05) is 19.3 Å². The second-order valence-corrected chi connectivity index (χ2v) is 7.42. The van der Waals surface area contributed by atoms with Crippen molar-refractivity contribution in [2.24, 2.45) is 0 Å². The summed E-state index contributed by atoms with van der Waals surface area (Å²) in [4.78, 5) is 8.61. The quantitative estimate of drug-likeness (QED) is 0.838. The highest BCUT2D eigenvalue weighted by atomic mass is 32.1. The Kier molecular flexibility index (Phi) is 5.14. The molecule has 0 unspecified atom stereocenters. The van der Waals surface area contributed by atoms with Crippen molar-refractivity contribution in [1.82, 2.24) is 10.3 Å². The summed E-state index contributed by atoms with van der Waals surface area (Å²) in [6.07, 6.45) is 9.40. The van der Waals surface area contributed by atoms with Crippen molar-refractivity contribution >= 4 is 16.5 Å². The van der Waals surface area contributed by atoms with Crippen LogP contribution in [0.3, 0.4) is 0 Å². The molecule has 0 radical (unpaired) electrons. The van der Waals surface area contributed by atoms with Crippen molar-refractivity contribution in [2.75, 3.05) is 19.1 Å². The van der Waals surface area contributed by atoms with E-state index < -0.39 is 0 Å². The number of rotatable bonds is 7. The lowest BCUT2D eigenvalue weighted by Gasteiger charge is -2.30. The Hall–Kier alpha value is -0.650. The minimum Gasteiger partial charge on any atom is -0.378 e. The number of aromatic nitrogens is 1. The van der Waals surface area contributed by atoms with Gasteiger partial charge in [-0.05, 0) is 25.7 Å². The highest BCUT2D eigenvalue weighted by molar-refractivity contribution is 7.15. The summed E-state index contributed by atoms with van der Waals surface area (Å²) in [5, 5.41) is 4.77. The van der Waals surface area contributed by atoms with Gasteiger partial charge in [0.2, 0.25) is 0 Å². The highest BCUT2D eigenvalue weighted by Crippen LogP contribution is 2.32. The summed E-state index contributed by atoms with van der Waals surface area (Å²) in [5.41, 5.74) is 1.12. The number of ether oxygens (including phenoxy) is 1. The average Bonchev–Trinajstić information content (AvgIpc) is 3.27. The molecule has 3 rings (SSSR count). The van der Waals surface area contributed by atoms with Gasteiger partial charge in [-0.2, -0.15) is 0 Å². The average molecular weight is 309 g/mol. The van der Waals surface area contributed by atoms with Crippen LogP contribution in [0.25, 0.3) is 0 Å². The molecule has 0 saturated heterocycles. The van der Waals surface area contributed by atoms with Gasteiger partial charge in [0, 0.05) is 37.7 Å². The Morgan fingerprint density at radius 3 is 2.67 bits per heavy atom. The molecular weight excluding hydrogens is 282 g/mol. The van der Waals surface area contributed by atoms with E-state index in [4.69, 9.17) is 9.72 Å². The van der Waals surface area contributed by atoms with Crippen LogP contribution in [0.4, 0.5) is 5.13 Å². The van der Waals surface area contributed by atoms with Gasteiger partial charge in [-0.25, -0.2) is 4.98 Å². The molecule has 2 aliphatic rings. The van der Waals surface area contributed by atoms with E-state index in [9.17, 15) is 0 Å². The molecule has 4 nitrogen and oxygen atoms in total. The zero-order valence-corrected chi connectivity index (χ0v) is 14.0. The zero-order valence-electron chi connectivity index (χ0n) is 13.2. The van der Waals surface area contributed by atoms with Gasteiger partial charge in [0.15, 0.2) is 5.13 Å². The first-order valence-electron chi connectivity index (χ1n) is 8.21. The van der Waals surface area contributed by atoms with Crippen LogP contribution in [-0.2, 0) is 17.9 Å². The maximum atomic E-state index is 5.33. The topological polar surface area (TPSA) is 37.4 Å². The van der Waals surface area contributed by atoms with Crippen LogP contribution in [-0.4, -0.2) is 31.2 Å². The number of nitrogens with zero attached hydrogens (tertiary/aromatic N) is 2. The fourth-order valence-corrected chi connectivity index (χ4v) is 4.10. The number of thiazole rings is 1. The van der Waals surface area contributed by atoms with E-state index in [0.29, 0.717) is 12.6 Å². The molecule has 1 aromatic rings. The minimum atomic E-state index is 0.622. The standard InChI is InChI=1S/C16H27N3OS/c1-19(13-6-4-3-5-7-13)16-18-14(11-20-2)15(21-16)10-17-12-8-9-12/h12-13,17H,3-11H2,1-2H3. The van der Waals surface area contributed by atoms with E-state index in [-0.39, 0.29) is 0 Å². The highest BCUT2D eigenvalue weighted by Gasteiger charge is 2.24. The molecule has 0 bridgehead atoms. The number of anilines is 1. The summed E-state index contributed by atoms with van der Waals surface area (Å²) < 4.78 is 5.33. The Morgan fingerprint density at radius 2 is 2.00 bits per heavy atom. The lowest BCUT2D eigenvalue weighted by Crippen LogP contribution is -2.33. The Balaban J connectivity index is 1.69. The van der Waals surface area contributed by atoms with Crippen LogP contribution in [0, 0.1) is 0 Å². The molecule has 0 aromatic carbocycles. The first-order chi connectivity index (χ1) is 10.3. The molecule has 0 amide bonds. The molecule has 2 fully saturated rings. The number of methoxy groups -OCH3 is 1. The van der Waals surface area contributed by atoms with Crippen molar-refractivity contribution in [3.8, 4) is 0 Å². The Morgan fingerprint density at radius 1 is 1.24 bits per heavy atom. The van der Waals surface area contributed by atoms with E-state index in [1.807, 2.05) is 11.3 Å². The van der Waals surface area contributed by atoms with Crippen molar-refractivity contribution in [2.45, 2.75) is 70.2 Å². The molecule has 2 aliphatic carbocycles. The van der Waals surface area contributed by atoms with Gasteiger partial charge < -0.3 is 15.0 Å². The first-order valence-corrected chi connectivity index (χ1v) is 9.03. The SMILES string of the molecule is COCc1nc(N(C)C2CCCCC2)sc1CNC1CC1. The fourth-order valence-electron chi connectivity index (χ4n) is 3.06. The van der Waals surface area contributed by atoms with Crippen LogP contribution in [0.2, 0.25) is 0 Å². The van der Waals surface area contributed by atoms with E-state index in [0.717, 1.165) is 18.3 Å². The molecule has 1 heterocycles. The lowest BCUT2D eigenvalue weighted by atomic mass is 9.95.